The van der Waals surface area contributed by atoms with Crippen LogP contribution in [0.4, 0.5) is 0 Å². The summed E-state index contributed by atoms with van der Waals surface area (Å²) in [6, 6.07) is 0.211. The molecule has 0 aromatic rings. The molecule has 1 aliphatic heterocycles. The molecule has 0 amide bonds. The SMILES string of the molecule is COC1(C(N)C2CCOC3(CCC3)C2)CCC1. The number of methoxy groups -OCH3 is 1. The Balaban J connectivity index is 1.66. The van der Waals surface area contributed by atoms with E-state index < -0.39 is 0 Å². The van der Waals surface area contributed by atoms with Crippen LogP contribution in [0.25, 0.3) is 0 Å². The van der Waals surface area contributed by atoms with Crippen LogP contribution in [0, 0.1) is 5.92 Å². The third-order valence-electron chi connectivity index (χ3n) is 5.52. The molecule has 1 spiro atoms. The van der Waals surface area contributed by atoms with Crippen LogP contribution in [0.2, 0.25) is 0 Å². The van der Waals surface area contributed by atoms with Crippen molar-refractivity contribution in [3.8, 4) is 0 Å². The summed E-state index contributed by atoms with van der Waals surface area (Å²) in [6.45, 7) is 0.901. The maximum atomic E-state index is 6.52. The van der Waals surface area contributed by atoms with Gasteiger partial charge >= 0.3 is 0 Å². The Bertz CT molecular complexity index is 278. The second kappa shape index (κ2) is 4.22. The number of rotatable bonds is 3. The predicted octanol–water partition coefficient (Wildman–Crippen LogP) is 2.23. The zero-order valence-corrected chi connectivity index (χ0v) is 10.9. The third-order valence-corrected chi connectivity index (χ3v) is 5.52. The van der Waals surface area contributed by atoms with Crippen LogP contribution in [0.1, 0.15) is 51.4 Å². The summed E-state index contributed by atoms with van der Waals surface area (Å²) in [7, 11) is 1.83. The monoisotopic (exact) mass is 239 g/mol. The fourth-order valence-electron chi connectivity index (χ4n) is 3.92. The maximum Gasteiger partial charge on any atom is 0.0831 e. The highest BCUT2D eigenvalue weighted by atomic mass is 16.5. The molecule has 1 saturated heterocycles. The summed E-state index contributed by atoms with van der Waals surface area (Å²) in [4.78, 5) is 0. The lowest BCUT2D eigenvalue weighted by Crippen LogP contribution is -2.60. The molecule has 2 atom stereocenters. The topological polar surface area (TPSA) is 44.5 Å². The molecule has 17 heavy (non-hydrogen) atoms. The minimum Gasteiger partial charge on any atom is -0.377 e. The van der Waals surface area contributed by atoms with E-state index in [1.807, 2.05) is 7.11 Å². The average Bonchev–Trinajstić information content (AvgIpc) is 2.26. The van der Waals surface area contributed by atoms with Gasteiger partial charge in [-0.2, -0.15) is 0 Å². The van der Waals surface area contributed by atoms with Crippen molar-refractivity contribution in [2.45, 2.75) is 68.6 Å². The summed E-state index contributed by atoms with van der Waals surface area (Å²) in [5.41, 5.74) is 6.72. The fourth-order valence-corrected chi connectivity index (χ4v) is 3.92. The van der Waals surface area contributed by atoms with Crippen molar-refractivity contribution >= 4 is 0 Å². The minimum atomic E-state index is -0.00700. The molecule has 2 N–H and O–H groups in total. The Morgan fingerprint density at radius 3 is 2.41 bits per heavy atom. The predicted molar refractivity (Wildman–Crippen MR) is 66.8 cm³/mol. The van der Waals surface area contributed by atoms with Crippen molar-refractivity contribution in [3.63, 3.8) is 0 Å². The van der Waals surface area contributed by atoms with Crippen LogP contribution >= 0.6 is 0 Å². The molecule has 3 nitrogen and oxygen atoms in total. The van der Waals surface area contributed by atoms with Crippen LogP contribution in [-0.2, 0) is 9.47 Å². The van der Waals surface area contributed by atoms with E-state index in [4.69, 9.17) is 15.2 Å². The molecule has 2 saturated carbocycles. The quantitative estimate of drug-likeness (QED) is 0.821. The van der Waals surface area contributed by atoms with Gasteiger partial charge < -0.3 is 15.2 Å². The summed E-state index contributed by atoms with van der Waals surface area (Å²) in [6.07, 6.45) is 9.68. The van der Waals surface area contributed by atoms with Crippen molar-refractivity contribution in [2.75, 3.05) is 13.7 Å². The van der Waals surface area contributed by atoms with Gasteiger partial charge in [-0.15, -0.1) is 0 Å². The van der Waals surface area contributed by atoms with Crippen molar-refractivity contribution in [2.24, 2.45) is 11.7 Å². The third kappa shape index (κ3) is 1.83. The van der Waals surface area contributed by atoms with E-state index in [1.54, 1.807) is 0 Å². The highest BCUT2D eigenvalue weighted by Crippen LogP contribution is 2.48. The molecule has 2 unspecified atom stereocenters. The van der Waals surface area contributed by atoms with Gasteiger partial charge in [0.15, 0.2) is 0 Å². The lowest BCUT2D eigenvalue weighted by molar-refractivity contribution is -0.167. The molecule has 0 aromatic heterocycles. The molecule has 0 aromatic carbocycles. The summed E-state index contributed by atoms with van der Waals surface area (Å²) < 4.78 is 11.7. The highest BCUT2D eigenvalue weighted by Gasteiger charge is 2.50. The number of hydrogen-bond donors (Lipinski definition) is 1. The molecule has 0 radical (unpaired) electrons. The van der Waals surface area contributed by atoms with Crippen LogP contribution in [0.15, 0.2) is 0 Å². The zero-order valence-electron chi connectivity index (χ0n) is 10.9. The molecule has 3 aliphatic rings. The first-order valence-corrected chi connectivity index (χ1v) is 7.14. The van der Waals surface area contributed by atoms with Crippen molar-refractivity contribution in [1.82, 2.24) is 0 Å². The molecular formula is C14H25NO2. The van der Waals surface area contributed by atoms with E-state index in [2.05, 4.69) is 0 Å². The Kier molecular flexibility index (Phi) is 2.96. The molecular weight excluding hydrogens is 214 g/mol. The molecule has 98 valence electrons. The first-order valence-electron chi connectivity index (χ1n) is 7.14. The van der Waals surface area contributed by atoms with Crippen molar-refractivity contribution < 1.29 is 9.47 Å². The van der Waals surface area contributed by atoms with Gasteiger partial charge in [0.05, 0.1) is 11.2 Å². The molecule has 1 heterocycles. The number of hydrogen-bond acceptors (Lipinski definition) is 3. The van der Waals surface area contributed by atoms with Gasteiger partial charge in [-0.05, 0) is 57.3 Å². The Labute approximate surface area is 104 Å². The smallest absolute Gasteiger partial charge is 0.0831 e. The van der Waals surface area contributed by atoms with E-state index in [-0.39, 0.29) is 17.2 Å². The first kappa shape index (κ1) is 11.9. The Morgan fingerprint density at radius 2 is 1.94 bits per heavy atom. The second-order valence-corrected chi connectivity index (χ2v) is 6.29. The average molecular weight is 239 g/mol. The van der Waals surface area contributed by atoms with Crippen molar-refractivity contribution in [1.29, 1.82) is 0 Å². The van der Waals surface area contributed by atoms with Gasteiger partial charge in [-0.25, -0.2) is 0 Å². The van der Waals surface area contributed by atoms with Gasteiger partial charge in [0.2, 0.25) is 0 Å². The lowest BCUT2D eigenvalue weighted by Gasteiger charge is -2.53. The van der Waals surface area contributed by atoms with Crippen LogP contribution in [0.5, 0.6) is 0 Å². The van der Waals surface area contributed by atoms with Gasteiger partial charge in [-0.1, -0.05) is 0 Å². The van der Waals surface area contributed by atoms with Gasteiger partial charge in [0, 0.05) is 19.8 Å². The minimum absolute atomic E-state index is 0.00700. The molecule has 3 fully saturated rings. The summed E-state index contributed by atoms with van der Waals surface area (Å²) in [5, 5.41) is 0. The van der Waals surface area contributed by atoms with Gasteiger partial charge in [0.25, 0.3) is 0 Å². The van der Waals surface area contributed by atoms with E-state index in [0.29, 0.717) is 5.92 Å². The van der Waals surface area contributed by atoms with E-state index in [1.165, 1.54) is 32.1 Å². The maximum absolute atomic E-state index is 6.52. The summed E-state index contributed by atoms with van der Waals surface area (Å²) >= 11 is 0. The van der Waals surface area contributed by atoms with Gasteiger partial charge in [-0.3, -0.25) is 0 Å². The lowest BCUT2D eigenvalue weighted by atomic mass is 9.64. The fraction of sp³-hybridized carbons (Fsp3) is 1.00. The molecule has 3 rings (SSSR count). The summed E-state index contributed by atoms with van der Waals surface area (Å²) in [5.74, 6) is 0.601. The number of nitrogens with two attached hydrogens (primary N) is 1. The van der Waals surface area contributed by atoms with Crippen LogP contribution in [0.3, 0.4) is 0 Å². The number of ether oxygens (including phenoxy) is 2. The van der Waals surface area contributed by atoms with Gasteiger partial charge in [0.1, 0.15) is 0 Å². The Morgan fingerprint density at radius 1 is 1.24 bits per heavy atom. The Hall–Kier alpha value is -0.120. The first-order chi connectivity index (χ1) is 8.20. The second-order valence-electron chi connectivity index (χ2n) is 6.29. The molecule has 0 bridgehead atoms. The highest BCUT2D eigenvalue weighted by molar-refractivity contribution is 5.04. The largest absolute Gasteiger partial charge is 0.377 e. The van der Waals surface area contributed by atoms with E-state index in [0.717, 1.165) is 25.9 Å². The zero-order chi connectivity index (χ0) is 11.9. The normalized spacial score (nSPS) is 36.0. The molecule has 3 heteroatoms. The van der Waals surface area contributed by atoms with E-state index in [9.17, 15) is 0 Å². The standard InChI is InChI=1S/C14H25NO2/c1-16-14(7-3-8-14)12(15)11-4-9-17-13(10-11)5-2-6-13/h11-12H,2-10,15H2,1H3. The van der Waals surface area contributed by atoms with E-state index >= 15 is 0 Å². The molecule has 2 aliphatic carbocycles. The van der Waals surface area contributed by atoms with Crippen LogP contribution < -0.4 is 5.73 Å². The van der Waals surface area contributed by atoms with Crippen LogP contribution in [-0.4, -0.2) is 31.0 Å². The van der Waals surface area contributed by atoms with Crippen molar-refractivity contribution in [3.05, 3.63) is 0 Å².